The Balaban J connectivity index is 2.64. The smallest absolute Gasteiger partial charge is 0.297 e. The molecule has 0 aliphatic rings. The zero-order valence-corrected chi connectivity index (χ0v) is 13.1. The molecule has 0 aliphatic carbocycles. The number of aromatic amines is 1. The van der Waals surface area contributed by atoms with Crippen molar-refractivity contribution in [1.82, 2.24) is 14.5 Å². The van der Waals surface area contributed by atoms with Crippen molar-refractivity contribution < 1.29 is 0 Å². The molecule has 0 saturated carbocycles. The highest BCUT2D eigenvalue weighted by Gasteiger charge is 2.16. The van der Waals surface area contributed by atoms with Crippen molar-refractivity contribution in [3.63, 3.8) is 0 Å². The average Bonchev–Trinajstić information content (AvgIpc) is 2.83. The highest BCUT2D eigenvalue weighted by molar-refractivity contribution is 7.12. The average molecular weight is 314 g/mol. The van der Waals surface area contributed by atoms with E-state index in [2.05, 4.69) is 9.97 Å². The number of thiazole rings is 1. The first kappa shape index (κ1) is 15.0. The molecule has 7 heteroatoms. The molecule has 0 aromatic carbocycles. The van der Waals surface area contributed by atoms with Gasteiger partial charge in [0.05, 0.1) is 11.3 Å². The van der Waals surface area contributed by atoms with Gasteiger partial charge in [-0.2, -0.15) is 0 Å². The van der Waals surface area contributed by atoms with Crippen LogP contribution < -0.4 is 11.2 Å². The second-order valence-corrected chi connectivity index (χ2v) is 6.04. The Morgan fingerprint density at radius 3 is 2.70 bits per heavy atom. The number of hydrogen-bond acceptors (Lipinski definition) is 4. The predicted octanol–water partition coefficient (Wildman–Crippen LogP) is 2.71. The fourth-order valence-electron chi connectivity index (χ4n) is 1.83. The van der Waals surface area contributed by atoms with E-state index < -0.39 is 5.69 Å². The molecule has 2 aromatic heterocycles. The molecule has 0 amide bonds. The lowest BCUT2D eigenvalue weighted by Crippen LogP contribution is -2.36. The van der Waals surface area contributed by atoms with Crippen LogP contribution in [0.15, 0.2) is 15.0 Å². The quantitative estimate of drug-likeness (QED) is 0.882. The molecule has 2 rings (SSSR count). The summed E-state index contributed by atoms with van der Waals surface area (Å²) in [6.07, 6.45) is 1.30. The molecule has 2 heterocycles. The second kappa shape index (κ2) is 5.93. The lowest BCUT2D eigenvalue weighted by atomic mass is 10.2. The lowest BCUT2D eigenvalue weighted by molar-refractivity contribution is 0.786. The molecule has 0 aliphatic heterocycles. The van der Waals surface area contributed by atoms with Crippen molar-refractivity contribution in [1.29, 1.82) is 0 Å². The van der Waals surface area contributed by atoms with Gasteiger partial charge in [-0.25, -0.2) is 14.3 Å². The van der Waals surface area contributed by atoms with Crippen LogP contribution in [0, 0.1) is 0 Å². The van der Waals surface area contributed by atoms with Crippen LogP contribution in [0.25, 0.3) is 5.13 Å². The van der Waals surface area contributed by atoms with Gasteiger partial charge in [0.15, 0.2) is 0 Å². The molecule has 0 fully saturated rings. The molecule has 1 N–H and O–H groups in total. The van der Waals surface area contributed by atoms with E-state index in [-0.39, 0.29) is 16.6 Å². The standard InChI is InChI=1S/C13H16ClN3O2S/c1-4-5-8-10(14)16-12(19)17(11(8)18)13-15-9(6-20-13)7(2)3/h6-7H,4-5H2,1-3H3,(H,16,19). The molecule has 0 unspecified atom stereocenters. The van der Waals surface area contributed by atoms with Gasteiger partial charge in [0.2, 0.25) is 5.13 Å². The Bertz CT molecular complexity index is 730. The summed E-state index contributed by atoms with van der Waals surface area (Å²) in [6.45, 7) is 5.97. The Hall–Kier alpha value is -1.40. The van der Waals surface area contributed by atoms with Crippen molar-refractivity contribution in [2.75, 3.05) is 0 Å². The molecule has 0 atom stereocenters. The fraction of sp³-hybridized carbons (Fsp3) is 0.462. The Kier molecular flexibility index (Phi) is 4.45. The Morgan fingerprint density at radius 1 is 1.45 bits per heavy atom. The van der Waals surface area contributed by atoms with Crippen LogP contribution in [0.1, 0.15) is 44.4 Å². The first-order valence-electron chi connectivity index (χ1n) is 6.45. The molecule has 0 bridgehead atoms. The maximum atomic E-state index is 12.4. The summed E-state index contributed by atoms with van der Waals surface area (Å²) in [7, 11) is 0. The molecular weight excluding hydrogens is 298 g/mol. The van der Waals surface area contributed by atoms with Gasteiger partial charge in [0.25, 0.3) is 5.56 Å². The van der Waals surface area contributed by atoms with Gasteiger partial charge < -0.3 is 0 Å². The molecule has 0 radical (unpaired) electrons. The monoisotopic (exact) mass is 313 g/mol. The molecule has 108 valence electrons. The summed E-state index contributed by atoms with van der Waals surface area (Å²) in [4.78, 5) is 31.3. The van der Waals surface area contributed by atoms with E-state index in [0.29, 0.717) is 17.1 Å². The number of H-pyrrole nitrogens is 1. The van der Waals surface area contributed by atoms with Crippen LogP contribution in [-0.4, -0.2) is 14.5 Å². The highest BCUT2D eigenvalue weighted by atomic mass is 35.5. The first-order chi connectivity index (χ1) is 9.45. The van der Waals surface area contributed by atoms with Gasteiger partial charge in [0, 0.05) is 5.38 Å². The van der Waals surface area contributed by atoms with E-state index in [1.54, 1.807) is 0 Å². The number of aromatic nitrogens is 3. The van der Waals surface area contributed by atoms with Crippen molar-refractivity contribution in [3.8, 4) is 5.13 Å². The normalized spacial score (nSPS) is 11.2. The van der Waals surface area contributed by atoms with Gasteiger partial charge in [-0.15, -0.1) is 11.3 Å². The first-order valence-corrected chi connectivity index (χ1v) is 7.71. The molecule has 0 spiro atoms. The van der Waals surface area contributed by atoms with Gasteiger partial charge in [-0.1, -0.05) is 38.8 Å². The van der Waals surface area contributed by atoms with Crippen molar-refractivity contribution in [2.24, 2.45) is 0 Å². The number of nitrogens with one attached hydrogen (secondary N) is 1. The zero-order valence-electron chi connectivity index (χ0n) is 11.6. The van der Waals surface area contributed by atoms with Crippen LogP contribution in [0.3, 0.4) is 0 Å². The van der Waals surface area contributed by atoms with Gasteiger partial charge in [-0.05, 0) is 12.3 Å². The largest absolute Gasteiger partial charge is 0.336 e. The summed E-state index contributed by atoms with van der Waals surface area (Å²) in [6, 6.07) is 0. The number of nitrogens with zero attached hydrogens (tertiary/aromatic N) is 2. The third-order valence-electron chi connectivity index (χ3n) is 2.94. The third kappa shape index (κ3) is 2.71. The second-order valence-electron chi connectivity index (χ2n) is 4.82. The zero-order chi connectivity index (χ0) is 14.9. The maximum absolute atomic E-state index is 12.4. The van der Waals surface area contributed by atoms with Crippen LogP contribution in [-0.2, 0) is 6.42 Å². The lowest BCUT2D eigenvalue weighted by Gasteiger charge is -2.05. The van der Waals surface area contributed by atoms with E-state index in [0.717, 1.165) is 16.7 Å². The summed E-state index contributed by atoms with van der Waals surface area (Å²) in [5.74, 6) is 0.247. The van der Waals surface area contributed by atoms with Gasteiger partial charge in [0.1, 0.15) is 5.15 Å². The Morgan fingerprint density at radius 2 is 2.15 bits per heavy atom. The van der Waals surface area contributed by atoms with Crippen molar-refractivity contribution in [2.45, 2.75) is 39.5 Å². The van der Waals surface area contributed by atoms with E-state index in [1.807, 2.05) is 26.2 Å². The van der Waals surface area contributed by atoms with Gasteiger partial charge >= 0.3 is 5.69 Å². The summed E-state index contributed by atoms with van der Waals surface area (Å²) in [5, 5.41) is 2.37. The maximum Gasteiger partial charge on any atom is 0.336 e. The Labute approximate surface area is 125 Å². The van der Waals surface area contributed by atoms with Crippen molar-refractivity contribution in [3.05, 3.63) is 42.6 Å². The van der Waals surface area contributed by atoms with Crippen LogP contribution >= 0.6 is 22.9 Å². The van der Waals surface area contributed by atoms with E-state index >= 15 is 0 Å². The molecule has 2 aromatic rings. The minimum atomic E-state index is -0.551. The van der Waals surface area contributed by atoms with E-state index in [9.17, 15) is 9.59 Å². The van der Waals surface area contributed by atoms with Crippen molar-refractivity contribution >= 4 is 22.9 Å². The predicted molar refractivity (Wildman–Crippen MR) is 81.4 cm³/mol. The van der Waals surface area contributed by atoms with E-state index in [4.69, 9.17) is 11.6 Å². The number of rotatable bonds is 4. The van der Waals surface area contributed by atoms with Gasteiger partial charge in [-0.3, -0.25) is 9.78 Å². The SMILES string of the molecule is CCCc1c(Cl)[nH]c(=O)n(-c2nc(C(C)C)cs2)c1=O. The number of hydrogen-bond donors (Lipinski definition) is 1. The summed E-state index contributed by atoms with van der Waals surface area (Å²) >= 11 is 7.22. The summed E-state index contributed by atoms with van der Waals surface area (Å²) in [5.41, 5.74) is 0.355. The third-order valence-corrected chi connectivity index (χ3v) is 4.11. The topological polar surface area (TPSA) is 67.8 Å². The van der Waals surface area contributed by atoms with E-state index in [1.165, 1.54) is 11.3 Å². The molecule has 20 heavy (non-hydrogen) atoms. The molecule has 5 nitrogen and oxygen atoms in total. The minimum Gasteiger partial charge on any atom is -0.297 e. The molecule has 0 saturated heterocycles. The highest BCUT2D eigenvalue weighted by Crippen LogP contribution is 2.19. The van der Waals surface area contributed by atoms with Crippen LogP contribution in [0.5, 0.6) is 0 Å². The van der Waals surface area contributed by atoms with Crippen LogP contribution in [0.4, 0.5) is 0 Å². The van der Waals surface area contributed by atoms with Crippen LogP contribution in [0.2, 0.25) is 5.15 Å². The minimum absolute atomic E-state index is 0.124. The fourth-order valence-corrected chi connectivity index (χ4v) is 3.07. The number of halogens is 1. The molecular formula is C13H16ClN3O2S. The summed E-state index contributed by atoms with van der Waals surface area (Å²) < 4.78 is 1.06.